The molecule has 2 aromatic heterocycles. The van der Waals surface area contributed by atoms with Gasteiger partial charge in [-0.15, -0.1) is 11.3 Å². The van der Waals surface area contributed by atoms with Gasteiger partial charge in [-0.25, -0.2) is 0 Å². The monoisotopic (exact) mass is 279 g/mol. The second-order valence-corrected chi connectivity index (χ2v) is 5.75. The van der Waals surface area contributed by atoms with Crippen molar-refractivity contribution in [1.29, 1.82) is 0 Å². The van der Waals surface area contributed by atoms with E-state index in [-0.39, 0.29) is 12.5 Å². The van der Waals surface area contributed by atoms with Crippen LogP contribution in [0, 0.1) is 6.92 Å². The van der Waals surface area contributed by atoms with Gasteiger partial charge in [0.15, 0.2) is 0 Å². The highest BCUT2D eigenvalue weighted by Gasteiger charge is 2.27. The molecule has 5 heteroatoms. The lowest BCUT2D eigenvalue weighted by Gasteiger charge is -2.21. The fourth-order valence-corrected chi connectivity index (χ4v) is 2.42. The van der Waals surface area contributed by atoms with E-state index >= 15 is 0 Å². The van der Waals surface area contributed by atoms with Crippen molar-refractivity contribution >= 4 is 17.2 Å². The molecule has 0 fully saturated rings. The maximum Gasteiger partial charge on any atom is 0.225 e. The van der Waals surface area contributed by atoms with Crippen LogP contribution in [0.15, 0.2) is 34.1 Å². The zero-order valence-corrected chi connectivity index (χ0v) is 11.8. The summed E-state index contributed by atoms with van der Waals surface area (Å²) in [7, 11) is 0. The predicted octanol–water partition coefficient (Wildman–Crippen LogP) is 2.22. The van der Waals surface area contributed by atoms with Gasteiger partial charge in [0.1, 0.15) is 17.1 Å². The van der Waals surface area contributed by atoms with Gasteiger partial charge >= 0.3 is 0 Å². The van der Waals surface area contributed by atoms with E-state index < -0.39 is 5.60 Å². The first-order chi connectivity index (χ1) is 8.97. The number of nitrogens with one attached hydrogen (secondary N) is 1. The minimum Gasteiger partial charge on any atom is -0.463 e. The Balaban J connectivity index is 1.89. The SMILES string of the molecule is Cc1ccc([C@](C)(O)CNC(=O)Cc2cccs2)o1. The van der Waals surface area contributed by atoms with Crippen LogP contribution in [0.25, 0.3) is 0 Å². The summed E-state index contributed by atoms with van der Waals surface area (Å²) >= 11 is 1.54. The Kier molecular flexibility index (Phi) is 4.07. The number of amides is 1. The number of carbonyl (C=O) groups is 1. The van der Waals surface area contributed by atoms with Crippen molar-refractivity contribution in [3.8, 4) is 0 Å². The van der Waals surface area contributed by atoms with Crippen LogP contribution >= 0.6 is 11.3 Å². The Morgan fingerprint density at radius 3 is 2.84 bits per heavy atom. The van der Waals surface area contributed by atoms with Crippen molar-refractivity contribution < 1.29 is 14.3 Å². The Morgan fingerprint density at radius 1 is 1.47 bits per heavy atom. The van der Waals surface area contributed by atoms with Crippen molar-refractivity contribution in [1.82, 2.24) is 5.32 Å². The van der Waals surface area contributed by atoms with Gasteiger partial charge in [0, 0.05) is 4.88 Å². The highest BCUT2D eigenvalue weighted by Crippen LogP contribution is 2.22. The van der Waals surface area contributed by atoms with E-state index in [9.17, 15) is 9.90 Å². The van der Waals surface area contributed by atoms with Crippen LogP contribution in [0.5, 0.6) is 0 Å². The second kappa shape index (κ2) is 5.59. The topological polar surface area (TPSA) is 62.5 Å². The minimum absolute atomic E-state index is 0.106. The van der Waals surface area contributed by atoms with Gasteiger partial charge in [-0.1, -0.05) is 6.07 Å². The lowest BCUT2D eigenvalue weighted by Crippen LogP contribution is -2.38. The molecule has 19 heavy (non-hydrogen) atoms. The summed E-state index contributed by atoms with van der Waals surface area (Å²) in [6, 6.07) is 7.34. The van der Waals surface area contributed by atoms with E-state index in [0.29, 0.717) is 12.2 Å². The molecule has 0 spiro atoms. The first-order valence-corrected chi connectivity index (χ1v) is 6.94. The molecule has 0 saturated carbocycles. The summed E-state index contributed by atoms with van der Waals surface area (Å²) in [5.74, 6) is 1.09. The number of carbonyl (C=O) groups excluding carboxylic acids is 1. The summed E-state index contributed by atoms with van der Waals surface area (Å²) in [5, 5.41) is 14.9. The van der Waals surface area contributed by atoms with E-state index in [4.69, 9.17) is 4.42 Å². The molecular weight excluding hydrogens is 262 g/mol. The average molecular weight is 279 g/mol. The quantitative estimate of drug-likeness (QED) is 0.882. The van der Waals surface area contributed by atoms with Crippen molar-refractivity contribution in [2.24, 2.45) is 0 Å². The third-order valence-corrected chi connectivity index (χ3v) is 3.69. The Hall–Kier alpha value is -1.59. The minimum atomic E-state index is -1.20. The highest BCUT2D eigenvalue weighted by molar-refractivity contribution is 7.10. The van der Waals surface area contributed by atoms with E-state index in [1.807, 2.05) is 24.4 Å². The van der Waals surface area contributed by atoms with Gasteiger partial charge in [0.25, 0.3) is 0 Å². The van der Waals surface area contributed by atoms with Crippen molar-refractivity contribution in [3.63, 3.8) is 0 Å². The Labute approximate surface area is 116 Å². The van der Waals surface area contributed by atoms with Crippen molar-refractivity contribution in [2.45, 2.75) is 25.9 Å². The molecule has 1 atom stereocenters. The number of aliphatic hydroxyl groups is 1. The molecule has 2 rings (SSSR count). The summed E-state index contributed by atoms with van der Waals surface area (Å²) in [4.78, 5) is 12.8. The van der Waals surface area contributed by atoms with Crippen LogP contribution in [-0.2, 0) is 16.8 Å². The number of aryl methyl sites for hydroxylation is 1. The molecule has 0 saturated heterocycles. The molecule has 0 aliphatic carbocycles. The summed E-state index contributed by atoms with van der Waals surface area (Å²) in [5.41, 5.74) is -1.20. The van der Waals surface area contributed by atoms with Crippen molar-refractivity contribution in [3.05, 3.63) is 46.0 Å². The maximum absolute atomic E-state index is 11.7. The van der Waals surface area contributed by atoms with Crippen LogP contribution in [0.2, 0.25) is 0 Å². The molecule has 102 valence electrons. The van der Waals surface area contributed by atoms with Gasteiger partial charge in [-0.05, 0) is 37.4 Å². The van der Waals surface area contributed by atoms with Gasteiger partial charge in [0.2, 0.25) is 5.91 Å². The molecular formula is C14H17NO3S. The van der Waals surface area contributed by atoms with E-state index in [1.165, 1.54) is 0 Å². The van der Waals surface area contributed by atoms with Crippen molar-refractivity contribution in [2.75, 3.05) is 6.54 Å². The molecule has 0 bridgehead atoms. The summed E-state index contributed by atoms with van der Waals surface area (Å²) in [6.45, 7) is 3.57. The molecule has 1 amide bonds. The average Bonchev–Trinajstić information content (AvgIpc) is 2.98. The number of rotatable bonds is 5. The molecule has 2 N–H and O–H groups in total. The van der Waals surface area contributed by atoms with Crippen LogP contribution < -0.4 is 5.32 Å². The van der Waals surface area contributed by atoms with Gasteiger partial charge < -0.3 is 14.8 Å². The fraction of sp³-hybridized carbons (Fsp3) is 0.357. The largest absolute Gasteiger partial charge is 0.463 e. The van der Waals surface area contributed by atoms with E-state index in [1.54, 1.807) is 30.4 Å². The van der Waals surface area contributed by atoms with Crippen LogP contribution in [0.1, 0.15) is 23.3 Å². The van der Waals surface area contributed by atoms with Crippen LogP contribution in [0.4, 0.5) is 0 Å². The second-order valence-electron chi connectivity index (χ2n) is 4.72. The molecule has 2 heterocycles. The lowest BCUT2D eigenvalue weighted by molar-refractivity contribution is -0.121. The third-order valence-electron chi connectivity index (χ3n) is 2.82. The maximum atomic E-state index is 11.7. The number of furan rings is 1. The molecule has 4 nitrogen and oxygen atoms in total. The fourth-order valence-electron chi connectivity index (χ4n) is 1.72. The molecule has 0 aliphatic heterocycles. The van der Waals surface area contributed by atoms with Gasteiger partial charge in [-0.2, -0.15) is 0 Å². The normalized spacial score (nSPS) is 14.1. The van der Waals surface area contributed by atoms with E-state index in [0.717, 1.165) is 10.6 Å². The zero-order valence-electron chi connectivity index (χ0n) is 11.0. The zero-order chi connectivity index (χ0) is 13.9. The number of hydrogen-bond donors (Lipinski definition) is 2. The first kappa shape index (κ1) is 13.8. The molecule has 0 unspecified atom stereocenters. The highest BCUT2D eigenvalue weighted by atomic mass is 32.1. The number of thiophene rings is 1. The molecule has 0 aliphatic rings. The van der Waals surface area contributed by atoms with Crippen LogP contribution in [0.3, 0.4) is 0 Å². The number of hydrogen-bond acceptors (Lipinski definition) is 4. The van der Waals surface area contributed by atoms with Gasteiger partial charge in [-0.3, -0.25) is 4.79 Å². The lowest BCUT2D eigenvalue weighted by atomic mass is 10.0. The molecule has 0 radical (unpaired) electrons. The van der Waals surface area contributed by atoms with E-state index in [2.05, 4.69) is 5.32 Å². The third kappa shape index (κ3) is 3.68. The smallest absolute Gasteiger partial charge is 0.225 e. The molecule has 0 aromatic carbocycles. The first-order valence-electron chi connectivity index (χ1n) is 6.06. The predicted molar refractivity (Wildman–Crippen MR) is 74.0 cm³/mol. The Morgan fingerprint density at radius 2 is 2.26 bits per heavy atom. The summed E-state index contributed by atoms with van der Waals surface area (Å²) in [6.07, 6.45) is 0.338. The molecule has 2 aromatic rings. The Bertz CT molecular complexity index is 543. The van der Waals surface area contributed by atoms with Crippen LogP contribution in [-0.4, -0.2) is 17.6 Å². The summed E-state index contributed by atoms with van der Waals surface area (Å²) < 4.78 is 5.39. The standard InChI is InChI=1S/C14H17NO3S/c1-10-5-6-12(18-10)14(2,17)9-15-13(16)8-11-4-3-7-19-11/h3-7,17H,8-9H2,1-2H3,(H,15,16)/t14-/m1/s1. The van der Waals surface area contributed by atoms with Gasteiger partial charge in [0.05, 0.1) is 13.0 Å².